The molecule has 0 radical (unpaired) electrons. The minimum absolute atomic E-state index is 0.0305. The molecule has 0 saturated carbocycles. The van der Waals surface area contributed by atoms with Gasteiger partial charge < -0.3 is 14.5 Å². The highest BCUT2D eigenvalue weighted by molar-refractivity contribution is 5.74. The summed E-state index contributed by atoms with van der Waals surface area (Å²) >= 11 is 0. The van der Waals surface area contributed by atoms with Crippen LogP contribution in [0, 0.1) is 5.82 Å². The molecule has 0 bridgehead atoms. The molecule has 4 rings (SSSR count). The Balaban J connectivity index is 1.71. The average Bonchev–Trinajstić information content (AvgIpc) is 2.79. The van der Waals surface area contributed by atoms with Crippen molar-refractivity contribution in [2.45, 2.75) is 31.5 Å². The van der Waals surface area contributed by atoms with Gasteiger partial charge in [0.2, 0.25) is 0 Å². The summed E-state index contributed by atoms with van der Waals surface area (Å²) < 4.78 is 95.8. The van der Waals surface area contributed by atoms with E-state index in [2.05, 4.69) is 4.74 Å². The summed E-state index contributed by atoms with van der Waals surface area (Å²) in [5.74, 6) is -1.27. The van der Waals surface area contributed by atoms with Gasteiger partial charge in [0.05, 0.1) is 23.8 Å². The topological polar surface area (TPSA) is 15.7 Å². The summed E-state index contributed by atoms with van der Waals surface area (Å²) in [6, 6.07) is 18.0. The number of alkyl halides is 6. The minimum atomic E-state index is -4.93. The van der Waals surface area contributed by atoms with E-state index in [1.807, 2.05) is 0 Å². The zero-order valence-electron chi connectivity index (χ0n) is 18.3. The number of halogens is 7. The van der Waals surface area contributed by atoms with Crippen molar-refractivity contribution < 1.29 is 35.5 Å². The van der Waals surface area contributed by atoms with Crippen LogP contribution in [0.4, 0.5) is 42.1 Å². The van der Waals surface area contributed by atoms with Gasteiger partial charge in [0, 0.05) is 25.2 Å². The van der Waals surface area contributed by atoms with Gasteiger partial charge in [-0.05, 0) is 35.9 Å². The Hall–Kier alpha value is -3.43. The Bertz CT molecular complexity index is 1150. The maximum absolute atomic E-state index is 14.6. The van der Waals surface area contributed by atoms with Crippen molar-refractivity contribution in [1.82, 2.24) is 0 Å². The maximum atomic E-state index is 14.6. The number of benzene rings is 3. The number of para-hydroxylation sites is 2. The normalized spacial score (nSPS) is 16.3. The molecule has 3 nitrogen and oxygen atoms in total. The molecule has 1 aliphatic rings. The zero-order chi connectivity index (χ0) is 25.2. The van der Waals surface area contributed by atoms with Gasteiger partial charge in [-0.1, -0.05) is 42.5 Å². The highest BCUT2D eigenvalue weighted by Gasteiger charge is 2.36. The zero-order valence-corrected chi connectivity index (χ0v) is 18.3. The van der Waals surface area contributed by atoms with Crippen LogP contribution in [0.3, 0.4) is 0 Å². The third kappa shape index (κ3) is 6.17. The molecule has 0 aliphatic carbocycles. The van der Waals surface area contributed by atoms with Crippen LogP contribution in [0.2, 0.25) is 0 Å². The molecule has 0 aromatic heterocycles. The van der Waals surface area contributed by atoms with E-state index in [0.29, 0.717) is 11.4 Å². The highest BCUT2D eigenvalue weighted by Crippen LogP contribution is 2.42. The summed E-state index contributed by atoms with van der Waals surface area (Å²) in [4.78, 5) is 3.43. The Morgan fingerprint density at radius 1 is 0.829 bits per heavy atom. The largest absolute Gasteiger partial charge is 0.573 e. The Labute approximate surface area is 197 Å². The van der Waals surface area contributed by atoms with E-state index in [1.54, 1.807) is 64.4 Å². The number of hydrogen-bond donors (Lipinski definition) is 0. The molecule has 0 N–H and O–H groups in total. The first-order chi connectivity index (χ1) is 16.5. The fourth-order valence-electron chi connectivity index (χ4n) is 4.26. The lowest BCUT2D eigenvalue weighted by atomic mass is 9.98. The predicted octanol–water partition coefficient (Wildman–Crippen LogP) is 7.24. The summed E-state index contributed by atoms with van der Waals surface area (Å²) in [5.41, 5.74) is 1.82. The molecule has 0 unspecified atom stereocenters. The lowest BCUT2D eigenvalue weighted by Gasteiger charge is -2.45. The van der Waals surface area contributed by atoms with Crippen LogP contribution >= 0.6 is 0 Å². The molecule has 0 amide bonds. The fourth-order valence-corrected chi connectivity index (χ4v) is 4.26. The lowest BCUT2D eigenvalue weighted by Crippen LogP contribution is -2.44. The second-order valence-corrected chi connectivity index (χ2v) is 8.16. The number of ether oxygens (including phenoxy) is 1. The Kier molecular flexibility index (Phi) is 6.82. The van der Waals surface area contributed by atoms with Crippen molar-refractivity contribution >= 4 is 11.4 Å². The maximum Gasteiger partial charge on any atom is 0.573 e. The fraction of sp³-hybridized carbons (Fsp3) is 0.280. The standard InChI is InChI=1S/C25H21F7N2O/c26-20-11-10-19(35-25(30,31)32)14-18(20)15-33-16-23(17-6-2-1-3-7-17)34(13-12-24(27,28)29)22-9-5-4-8-21(22)33/h1-11,14,23H,12-13,15-16H2/t23-/m0/s1. The average molecular weight is 498 g/mol. The molecule has 35 heavy (non-hydrogen) atoms. The molecular weight excluding hydrogens is 477 g/mol. The molecule has 0 saturated heterocycles. The second kappa shape index (κ2) is 9.67. The van der Waals surface area contributed by atoms with Gasteiger partial charge >= 0.3 is 12.5 Å². The number of rotatable bonds is 6. The molecule has 0 fully saturated rings. The van der Waals surface area contributed by atoms with Gasteiger partial charge in [-0.25, -0.2) is 4.39 Å². The predicted molar refractivity (Wildman–Crippen MR) is 118 cm³/mol. The van der Waals surface area contributed by atoms with E-state index in [9.17, 15) is 30.7 Å². The van der Waals surface area contributed by atoms with Crippen LogP contribution < -0.4 is 14.5 Å². The van der Waals surface area contributed by atoms with Crippen molar-refractivity contribution in [3.8, 4) is 5.75 Å². The van der Waals surface area contributed by atoms with Gasteiger partial charge in [-0.3, -0.25) is 0 Å². The second-order valence-electron chi connectivity index (χ2n) is 8.16. The molecule has 1 aliphatic heterocycles. The van der Waals surface area contributed by atoms with E-state index >= 15 is 0 Å². The molecule has 1 heterocycles. The number of nitrogens with zero attached hydrogens (tertiary/aromatic N) is 2. The summed E-state index contributed by atoms with van der Waals surface area (Å²) in [6.45, 7) is -0.186. The van der Waals surface area contributed by atoms with Crippen molar-refractivity contribution in [3.05, 3.63) is 89.7 Å². The van der Waals surface area contributed by atoms with E-state index < -0.39 is 36.6 Å². The molecule has 1 atom stereocenters. The summed E-state index contributed by atoms with van der Waals surface area (Å²) in [7, 11) is 0. The number of anilines is 2. The van der Waals surface area contributed by atoms with Crippen molar-refractivity contribution in [2.75, 3.05) is 22.9 Å². The Morgan fingerprint density at radius 2 is 1.49 bits per heavy atom. The Morgan fingerprint density at radius 3 is 2.14 bits per heavy atom. The van der Waals surface area contributed by atoms with E-state index in [-0.39, 0.29) is 25.2 Å². The highest BCUT2D eigenvalue weighted by atomic mass is 19.4. The van der Waals surface area contributed by atoms with Crippen LogP contribution in [-0.4, -0.2) is 25.6 Å². The van der Waals surface area contributed by atoms with Crippen LogP contribution in [0.25, 0.3) is 0 Å². The van der Waals surface area contributed by atoms with Gasteiger partial charge in [0.25, 0.3) is 0 Å². The monoisotopic (exact) mass is 498 g/mol. The molecule has 3 aromatic carbocycles. The van der Waals surface area contributed by atoms with Crippen LogP contribution in [0.15, 0.2) is 72.8 Å². The summed E-state index contributed by atoms with van der Waals surface area (Å²) in [6.07, 6.45) is -10.3. The first-order valence-electron chi connectivity index (χ1n) is 10.8. The van der Waals surface area contributed by atoms with Crippen molar-refractivity contribution in [2.24, 2.45) is 0 Å². The van der Waals surface area contributed by atoms with Gasteiger partial charge in [-0.15, -0.1) is 13.2 Å². The van der Waals surface area contributed by atoms with Crippen LogP contribution in [0.5, 0.6) is 5.75 Å². The van der Waals surface area contributed by atoms with Crippen LogP contribution in [0.1, 0.15) is 23.6 Å². The molecule has 3 aromatic rings. The van der Waals surface area contributed by atoms with E-state index in [0.717, 1.165) is 23.8 Å². The smallest absolute Gasteiger partial charge is 0.406 e. The minimum Gasteiger partial charge on any atom is -0.406 e. The summed E-state index contributed by atoms with van der Waals surface area (Å²) in [5, 5.41) is 0. The van der Waals surface area contributed by atoms with Crippen LogP contribution in [-0.2, 0) is 6.54 Å². The number of hydrogen-bond acceptors (Lipinski definition) is 3. The van der Waals surface area contributed by atoms with Gasteiger partial charge in [0.15, 0.2) is 0 Å². The quantitative estimate of drug-likeness (QED) is 0.333. The molecule has 10 heteroatoms. The molecule has 186 valence electrons. The lowest BCUT2D eigenvalue weighted by molar-refractivity contribution is -0.274. The van der Waals surface area contributed by atoms with E-state index in [1.165, 1.54) is 0 Å². The number of fused-ring (bicyclic) bond motifs is 1. The third-order valence-electron chi connectivity index (χ3n) is 5.73. The first kappa shape index (κ1) is 24.7. The third-order valence-corrected chi connectivity index (χ3v) is 5.73. The molecule has 0 spiro atoms. The SMILES string of the molecule is Fc1ccc(OC(F)(F)F)cc1CN1C[C@@H](c2ccccc2)N(CCC(F)(F)F)c2ccccc21. The van der Waals surface area contributed by atoms with Crippen molar-refractivity contribution in [3.63, 3.8) is 0 Å². The van der Waals surface area contributed by atoms with Gasteiger partial charge in [-0.2, -0.15) is 13.2 Å². The molecular formula is C25H21F7N2O. The first-order valence-corrected chi connectivity index (χ1v) is 10.8. The van der Waals surface area contributed by atoms with E-state index in [4.69, 9.17) is 0 Å². The van der Waals surface area contributed by atoms with Crippen molar-refractivity contribution in [1.29, 1.82) is 0 Å². The van der Waals surface area contributed by atoms with Gasteiger partial charge in [0.1, 0.15) is 11.6 Å².